The van der Waals surface area contributed by atoms with Crippen molar-refractivity contribution in [3.05, 3.63) is 24.3 Å². The van der Waals surface area contributed by atoms with Crippen molar-refractivity contribution in [3.63, 3.8) is 0 Å². The Balaban J connectivity index is 3.46. The predicted octanol–water partition coefficient (Wildman–Crippen LogP) is 21.0. The van der Waals surface area contributed by atoms with Gasteiger partial charge in [-0.3, -0.25) is 9.59 Å². The third-order valence-electron chi connectivity index (χ3n) is 15.5. The van der Waals surface area contributed by atoms with Gasteiger partial charge in [0.1, 0.15) is 0 Å². The van der Waals surface area contributed by atoms with Crippen molar-refractivity contribution in [3.8, 4) is 0 Å². The van der Waals surface area contributed by atoms with E-state index < -0.39 is 12.1 Å². The first-order valence-electron chi connectivity index (χ1n) is 33.1. The van der Waals surface area contributed by atoms with Crippen LogP contribution in [0.5, 0.6) is 0 Å². The van der Waals surface area contributed by atoms with E-state index in [2.05, 4.69) is 43.5 Å². The molecule has 0 aliphatic heterocycles. The Morgan fingerprint density at radius 3 is 1.04 bits per heavy atom. The number of amides is 1. The smallest absolute Gasteiger partial charge is 0.305 e. The molecule has 0 saturated heterocycles. The second-order valence-electron chi connectivity index (χ2n) is 22.8. The lowest BCUT2D eigenvalue weighted by Gasteiger charge is -2.22. The van der Waals surface area contributed by atoms with Crippen molar-refractivity contribution in [2.24, 2.45) is 0 Å². The Morgan fingerprint density at radius 1 is 0.384 bits per heavy atom. The van der Waals surface area contributed by atoms with Gasteiger partial charge in [0.15, 0.2) is 0 Å². The average Bonchev–Trinajstić information content (AvgIpc) is 3.39. The van der Waals surface area contributed by atoms with E-state index in [-0.39, 0.29) is 18.5 Å². The lowest BCUT2D eigenvalue weighted by molar-refractivity contribution is -0.143. The van der Waals surface area contributed by atoms with E-state index in [1.165, 1.54) is 250 Å². The normalized spacial score (nSPS) is 12.7. The molecule has 0 aromatic carbocycles. The van der Waals surface area contributed by atoms with E-state index in [9.17, 15) is 19.8 Å². The van der Waals surface area contributed by atoms with Crippen LogP contribution in [-0.2, 0) is 14.3 Å². The monoisotopic (exact) mass is 1030 g/mol. The van der Waals surface area contributed by atoms with Crippen molar-refractivity contribution in [1.82, 2.24) is 5.32 Å². The molecule has 6 heteroatoms. The average molecular weight is 1030 g/mol. The van der Waals surface area contributed by atoms with Gasteiger partial charge in [-0.15, -0.1) is 0 Å². The Labute approximate surface area is 456 Å². The molecule has 0 heterocycles. The maximum absolute atomic E-state index is 12.5. The summed E-state index contributed by atoms with van der Waals surface area (Å²) < 4.78 is 5.48. The van der Waals surface area contributed by atoms with Crippen LogP contribution >= 0.6 is 0 Å². The zero-order valence-corrected chi connectivity index (χ0v) is 49.4. The van der Waals surface area contributed by atoms with Crippen molar-refractivity contribution in [2.75, 3.05) is 13.2 Å². The number of carbonyl (C=O) groups is 2. The zero-order valence-electron chi connectivity index (χ0n) is 49.4. The Morgan fingerprint density at radius 2 is 0.685 bits per heavy atom. The molecule has 2 atom stereocenters. The minimum Gasteiger partial charge on any atom is -0.466 e. The van der Waals surface area contributed by atoms with Gasteiger partial charge in [-0.2, -0.15) is 0 Å². The van der Waals surface area contributed by atoms with Gasteiger partial charge in [-0.05, 0) is 64.2 Å². The van der Waals surface area contributed by atoms with Crippen LogP contribution in [0.4, 0.5) is 0 Å². The number of aliphatic hydroxyl groups excluding tert-OH is 2. The van der Waals surface area contributed by atoms with Crippen LogP contribution < -0.4 is 5.32 Å². The summed E-state index contributed by atoms with van der Waals surface area (Å²) in [6.07, 6.45) is 77.7. The molecule has 2 unspecified atom stereocenters. The minimum atomic E-state index is -0.676. The molecular weight excluding hydrogens is 899 g/mol. The summed E-state index contributed by atoms with van der Waals surface area (Å²) in [5, 5.41) is 23.4. The third kappa shape index (κ3) is 59.4. The van der Waals surface area contributed by atoms with Gasteiger partial charge >= 0.3 is 5.97 Å². The molecule has 0 saturated carbocycles. The highest BCUT2D eigenvalue weighted by atomic mass is 16.5. The van der Waals surface area contributed by atoms with Gasteiger partial charge in [-0.25, -0.2) is 0 Å². The summed E-state index contributed by atoms with van der Waals surface area (Å²) in [6, 6.07) is -0.554. The molecule has 1 amide bonds. The Bertz CT molecular complexity index is 1140. The Kier molecular flexibility index (Phi) is 61.4. The lowest BCUT2D eigenvalue weighted by Crippen LogP contribution is -2.45. The molecule has 0 radical (unpaired) electrons. The second kappa shape index (κ2) is 62.9. The number of hydrogen-bond donors (Lipinski definition) is 3. The molecule has 0 fully saturated rings. The lowest BCUT2D eigenvalue weighted by atomic mass is 10.0. The molecule has 432 valence electrons. The number of nitrogens with one attached hydrogen (secondary N) is 1. The standard InChI is InChI=1S/C67H129NO5/c1-3-5-7-9-11-13-15-17-19-21-23-25-27-31-35-39-43-47-51-55-59-65(70)64(63-69)68-66(71)60-56-52-48-44-40-36-32-28-26-30-34-38-42-46-50-54-58-62-73-67(72)61-57-53-49-45-41-37-33-29-24-22-20-18-16-14-12-10-8-6-4-2/h26,30,38,42,64-65,69-70H,3-25,27-29,31-37,39-41,43-63H2,1-2H3,(H,68,71)/b30-26-,42-38-. The SMILES string of the molecule is CCCCCCCCCCCCCCCCCCCCCCC(O)C(CO)NC(=O)CCCCCCCCC/C=C\C/C=C\CCCCCOC(=O)CCCCCCCCCCCCCCCCCCCCC. The van der Waals surface area contributed by atoms with E-state index in [1.54, 1.807) is 0 Å². The number of allylic oxidation sites excluding steroid dienone is 4. The first kappa shape index (κ1) is 71.3. The molecule has 0 aromatic heterocycles. The molecule has 0 bridgehead atoms. The Hall–Kier alpha value is -1.66. The zero-order chi connectivity index (χ0) is 52.9. The maximum Gasteiger partial charge on any atom is 0.305 e. The van der Waals surface area contributed by atoms with Crippen molar-refractivity contribution in [2.45, 2.75) is 379 Å². The molecule has 3 N–H and O–H groups in total. The predicted molar refractivity (Wildman–Crippen MR) is 320 cm³/mol. The summed E-state index contributed by atoms with van der Waals surface area (Å²) in [4.78, 5) is 24.6. The maximum atomic E-state index is 12.5. The van der Waals surface area contributed by atoms with Crippen LogP contribution in [0.15, 0.2) is 24.3 Å². The first-order valence-corrected chi connectivity index (χ1v) is 33.1. The molecule has 0 rings (SSSR count). The van der Waals surface area contributed by atoms with Gasteiger partial charge in [0.25, 0.3) is 0 Å². The summed E-state index contributed by atoms with van der Waals surface area (Å²) in [6.45, 7) is 4.95. The minimum absolute atomic E-state index is 0.00977. The highest BCUT2D eigenvalue weighted by Crippen LogP contribution is 2.18. The van der Waals surface area contributed by atoms with E-state index in [0.29, 0.717) is 25.9 Å². The van der Waals surface area contributed by atoms with Gasteiger partial charge in [-0.1, -0.05) is 314 Å². The van der Waals surface area contributed by atoms with Crippen LogP contribution in [0, 0.1) is 0 Å². The first-order chi connectivity index (χ1) is 36.0. The largest absolute Gasteiger partial charge is 0.466 e. The van der Waals surface area contributed by atoms with E-state index in [1.807, 2.05) is 0 Å². The van der Waals surface area contributed by atoms with Gasteiger partial charge in [0.2, 0.25) is 5.91 Å². The number of aliphatic hydroxyl groups is 2. The molecule has 0 aliphatic carbocycles. The van der Waals surface area contributed by atoms with Crippen molar-refractivity contribution in [1.29, 1.82) is 0 Å². The van der Waals surface area contributed by atoms with E-state index >= 15 is 0 Å². The topological polar surface area (TPSA) is 95.9 Å². The number of rotatable bonds is 62. The second-order valence-corrected chi connectivity index (χ2v) is 22.8. The number of hydrogen-bond acceptors (Lipinski definition) is 5. The fraction of sp³-hybridized carbons (Fsp3) is 0.910. The fourth-order valence-corrected chi connectivity index (χ4v) is 10.4. The summed E-state index contributed by atoms with van der Waals surface area (Å²) in [5.41, 5.74) is 0. The van der Waals surface area contributed by atoms with Crippen LogP contribution in [0.2, 0.25) is 0 Å². The number of esters is 1. The van der Waals surface area contributed by atoms with Crippen molar-refractivity contribution < 1.29 is 24.5 Å². The molecular formula is C67H129NO5. The van der Waals surface area contributed by atoms with Gasteiger partial charge in [0, 0.05) is 12.8 Å². The van der Waals surface area contributed by atoms with Crippen molar-refractivity contribution >= 4 is 11.9 Å². The quantitative estimate of drug-likeness (QED) is 0.0320. The fourth-order valence-electron chi connectivity index (χ4n) is 10.4. The third-order valence-corrected chi connectivity index (χ3v) is 15.5. The number of ether oxygens (including phenoxy) is 1. The molecule has 6 nitrogen and oxygen atoms in total. The van der Waals surface area contributed by atoms with Crippen LogP contribution in [0.1, 0.15) is 367 Å². The number of carbonyl (C=O) groups excluding carboxylic acids is 2. The van der Waals surface area contributed by atoms with Crippen LogP contribution in [0.25, 0.3) is 0 Å². The highest BCUT2D eigenvalue weighted by Gasteiger charge is 2.20. The van der Waals surface area contributed by atoms with E-state index in [4.69, 9.17) is 4.74 Å². The summed E-state index contributed by atoms with van der Waals surface area (Å²) >= 11 is 0. The molecule has 0 spiro atoms. The van der Waals surface area contributed by atoms with Gasteiger partial charge in [0.05, 0.1) is 25.4 Å². The molecule has 0 aliphatic rings. The highest BCUT2D eigenvalue weighted by molar-refractivity contribution is 5.76. The summed E-state index contributed by atoms with van der Waals surface area (Å²) in [7, 11) is 0. The molecule has 73 heavy (non-hydrogen) atoms. The van der Waals surface area contributed by atoms with Crippen LogP contribution in [-0.4, -0.2) is 47.4 Å². The van der Waals surface area contributed by atoms with E-state index in [0.717, 1.165) is 83.5 Å². The van der Waals surface area contributed by atoms with Crippen LogP contribution in [0.3, 0.4) is 0 Å². The molecule has 0 aromatic rings. The number of unbranched alkanes of at least 4 members (excludes halogenated alkanes) is 47. The summed E-state index contributed by atoms with van der Waals surface area (Å²) in [5.74, 6) is -0.0572. The van der Waals surface area contributed by atoms with Gasteiger partial charge < -0.3 is 20.3 Å².